The molecular formula is C32H41N3O4S. The first kappa shape index (κ1) is 30.9. The van der Waals surface area contributed by atoms with Crippen LogP contribution in [0.5, 0.6) is 0 Å². The third-order valence-corrected chi connectivity index (χ3v) is 8.94. The Morgan fingerprint density at radius 3 is 2.00 bits per heavy atom. The standard InChI is InChI=1S/C32H41N3O4S/c1-7-25(5)33-32(37)26(6)34(21-27-17-13-23(3)14-18-27)31(36)22-35(30-12-10-9-11-28(30)8-2)40(38,39)29-19-15-24(4)16-20-29/h9-20,25-26H,7-8,21-22H2,1-6H3,(H,33,37)/t25-,26-/m0/s1. The number of nitrogens with one attached hydrogen (secondary N) is 1. The average molecular weight is 564 g/mol. The summed E-state index contributed by atoms with van der Waals surface area (Å²) in [6.45, 7) is 11.1. The second-order valence-corrected chi connectivity index (χ2v) is 12.2. The van der Waals surface area contributed by atoms with Crippen LogP contribution in [0, 0.1) is 13.8 Å². The highest BCUT2D eigenvalue weighted by Crippen LogP contribution is 2.28. The largest absolute Gasteiger partial charge is 0.352 e. The van der Waals surface area contributed by atoms with Gasteiger partial charge in [0.2, 0.25) is 11.8 Å². The SMILES string of the molecule is CCc1ccccc1N(CC(=O)N(Cc1ccc(C)cc1)[C@@H](C)C(=O)N[C@@H](C)CC)S(=O)(=O)c1ccc(C)cc1. The summed E-state index contributed by atoms with van der Waals surface area (Å²) >= 11 is 0. The molecule has 7 nitrogen and oxygen atoms in total. The van der Waals surface area contributed by atoms with Crippen LogP contribution in [0.4, 0.5) is 5.69 Å². The molecule has 3 aromatic rings. The fourth-order valence-electron chi connectivity index (χ4n) is 4.34. The Hall–Kier alpha value is -3.65. The van der Waals surface area contributed by atoms with Gasteiger partial charge in [0, 0.05) is 12.6 Å². The van der Waals surface area contributed by atoms with Gasteiger partial charge in [-0.2, -0.15) is 0 Å². The van der Waals surface area contributed by atoms with Crippen molar-refractivity contribution in [1.82, 2.24) is 10.2 Å². The van der Waals surface area contributed by atoms with Crippen LogP contribution in [0.2, 0.25) is 0 Å². The normalized spacial score (nSPS) is 12.8. The van der Waals surface area contributed by atoms with Crippen molar-refractivity contribution in [2.24, 2.45) is 0 Å². The summed E-state index contributed by atoms with van der Waals surface area (Å²) in [7, 11) is -4.09. The highest BCUT2D eigenvalue weighted by Gasteiger charge is 2.33. The first-order valence-electron chi connectivity index (χ1n) is 13.8. The first-order chi connectivity index (χ1) is 19.0. The topological polar surface area (TPSA) is 86.8 Å². The van der Waals surface area contributed by atoms with Gasteiger partial charge < -0.3 is 10.2 Å². The lowest BCUT2D eigenvalue weighted by molar-refractivity contribution is -0.139. The van der Waals surface area contributed by atoms with E-state index in [0.717, 1.165) is 28.7 Å². The Kier molecular flexibility index (Phi) is 10.5. The van der Waals surface area contributed by atoms with E-state index >= 15 is 0 Å². The summed E-state index contributed by atoms with van der Waals surface area (Å²) in [6, 6.07) is 20.7. The van der Waals surface area contributed by atoms with E-state index in [4.69, 9.17) is 0 Å². The zero-order chi connectivity index (χ0) is 29.4. The number of aryl methyl sites for hydroxylation is 3. The number of sulfonamides is 1. The molecule has 0 aliphatic rings. The van der Waals surface area contributed by atoms with Crippen molar-refractivity contribution in [3.05, 3.63) is 95.1 Å². The van der Waals surface area contributed by atoms with Crippen molar-refractivity contribution in [2.75, 3.05) is 10.8 Å². The third-order valence-electron chi connectivity index (χ3n) is 7.17. The molecule has 40 heavy (non-hydrogen) atoms. The minimum Gasteiger partial charge on any atom is -0.352 e. The van der Waals surface area contributed by atoms with E-state index in [0.29, 0.717) is 12.1 Å². The molecule has 0 aliphatic heterocycles. The fraction of sp³-hybridized carbons (Fsp3) is 0.375. The molecule has 0 unspecified atom stereocenters. The van der Waals surface area contributed by atoms with Gasteiger partial charge in [-0.15, -0.1) is 0 Å². The lowest BCUT2D eigenvalue weighted by Crippen LogP contribution is -2.52. The van der Waals surface area contributed by atoms with E-state index in [1.54, 1.807) is 43.3 Å². The van der Waals surface area contributed by atoms with Crippen LogP contribution in [-0.2, 0) is 32.6 Å². The van der Waals surface area contributed by atoms with Crippen LogP contribution in [-0.4, -0.2) is 43.8 Å². The Balaban J connectivity index is 2.06. The predicted molar refractivity (Wildman–Crippen MR) is 161 cm³/mol. The quantitative estimate of drug-likeness (QED) is 0.320. The summed E-state index contributed by atoms with van der Waals surface area (Å²) in [5.41, 5.74) is 4.12. The van der Waals surface area contributed by atoms with Gasteiger partial charge in [0.1, 0.15) is 12.6 Å². The van der Waals surface area contributed by atoms with E-state index in [2.05, 4.69) is 5.32 Å². The molecule has 0 saturated heterocycles. The number of para-hydroxylation sites is 1. The number of carbonyl (C=O) groups excluding carboxylic acids is 2. The third kappa shape index (κ3) is 7.50. The molecule has 2 amide bonds. The van der Waals surface area contributed by atoms with E-state index in [1.165, 1.54) is 9.21 Å². The number of anilines is 1. The zero-order valence-electron chi connectivity index (χ0n) is 24.3. The summed E-state index contributed by atoms with van der Waals surface area (Å²) in [5, 5.41) is 2.96. The van der Waals surface area contributed by atoms with E-state index in [9.17, 15) is 18.0 Å². The smallest absolute Gasteiger partial charge is 0.264 e. The molecule has 0 heterocycles. The van der Waals surface area contributed by atoms with Crippen molar-refractivity contribution >= 4 is 27.5 Å². The van der Waals surface area contributed by atoms with Crippen molar-refractivity contribution < 1.29 is 18.0 Å². The van der Waals surface area contributed by atoms with E-state index in [1.807, 2.05) is 71.0 Å². The van der Waals surface area contributed by atoms with Gasteiger partial charge in [-0.1, -0.05) is 79.6 Å². The lowest BCUT2D eigenvalue weighted by atomic mass is 10.1. The number of hydrogen-bond donors (Lipinski definition) is 1. The van der Waals surface area contributed by atoms with E-state index < -0.39 is 28.5 Å². The maximum atomic E-state index is 14.1. The molecule has 2 atom stereocenters. The maximum Gasteiger partial charge on any atom is 0.264 e. The minimum absolute atomic E-state index is 0.0545. The molecular weight excluding hydrogens is 522 g/mol. The van der Waals surface area contributed by atoms with Crippen LogP contribution in [0.3, 0.4) is 0 Å². The van der Waals surface area contributed by atoms with Gasteiger partial charge in [-0.05, 0) is 69.9 Å². The van der Waals surface area contributed by atoms with Gasteiger partial charge in [0.05, 0.1) is 10.6 Å². The Morgan fingerprint density at radius 1 is 0.850 bits per heavy atom. The molecule has 0 aromatic heterocycles. The lowest BCUT2D eigenvalue weighted by Gasteiger charge is -2.33. The maximum absolute atomic E-state index is 14.1. The zero-order valence-corrected chi connectivity index (χ0v) is 25.2. The van der Waals surface area contributed by atoms with Gasteiger partial charge in [-0.3, -0.25) is 13.9 Å². The Morgan fingerprint density at radius 2 is 1.43 bits per heavy atom. The van der Waals surface area contributed by atoms with Crippen LogP contribution in [0.1, 0.15) is 56.4 Å². The van der Waals surface area contributed by atoms with Gasteiger partial charge >= 0.3 is 0 Å². The number of hydrogen-bond acceptors (Lipinski definition) is 4. The summed E-state index contributed by atoms with van der Waals surface area (Å²) in [6.07, 6.45) is 1.34. The second-order valence-electron chi connectivity index (χ2n) is 10.3. The molecule has 0 radical (unpaired) electrons. The summed E-state index contributed by atoms with van der Waals surface area (Å²) in [4.78, 5) is 28.8. The molecule has 3 aromatic carbocycles. The first-order valence-corrected chi connectivity index (χ1v) is 15.2. The molecule has 3 rings (SSSR count). The molecule has 1 N–H and O–H groups in total. The Bertz CT molecular complexity index is 1400. The number of rotatable bonds is 12. The van der Waals surface area contributed by atoms with Crippen molar-refractivity contribution in [1.29, 1.82) is 0 Å². The van der Waals surface area contributed by atoms with Gasteiger partial charge in [0.25, 0.3) is 10.0 Å². The molecule has 8 heteroatoms. The average Bonchev–Trinajstić information content (AvgIpc) is 2.95. The van der Waals surface area contributed by atoms with Gasteiger partial charge in [0.15, 0.2) is 0 Å². The molecule has 0 fully saturated rings. The van der Waals surface area contributed by atoms with Crippen LogP contribution >= 0.6 is 0 Å². The molecule has 214 valence electrons. The number of amides is 2. The summed E-state index contributed by atoms with van der Waals surface area (Å²) < 4.78 is 29.2. The highest BCUT2D eigenvalue weighted by atomic mass is 32.2. The number of nitrogens with zero attached hydrogens (tertiary/aromatic N) is 2. The van der Waals surface area contributed by atoms with Gasteiger partial charge in [-0.25, -0.2) is 8.42 Å². The van der Waals surface area contributed by atoms with Crippen LogP contribution in [0.25, 0.3) is 0 Å². The van der Waals surface area contributed by atoms with Crippen LogP contribution in [0.15, 0.2) is 77.7 Å². The molecule has 0 aliphatic carbocycles. The number of carbonyl (C=O) groups is 2. The molecule has 0 spiro atoms. The molecule has 0 saturated carbocycles. The molecule has 0 bridgehead atoms. The van der Waals surface area contributed by atoms with Crippen LogP contribution < -0.4 is 9.62 Å². The monoisotopic (exact) mass is 563 g/mol. The Labute approximate surface area is 239 Å². The van der Waals surface area contributed by atoms with Crippen molar-refractivity contribution in [3.63, 3.8) is 0 Å². The fourth-order valence-corrected chi connectivity index (χ4v) is 5.79. The second kappa shape index (κ2) is 13.6. The summed E-state index contributed by atoms with van der Waals surface area (Å²) in [5.74, 6) is -0.745. The predicted octanol–water partition coefficient (Wildman–Crippen LogP) is 5.39. The highest BCUT2D eigenvalue weighted by molar-refractivity contribution is 7.92. The van der Waals surface area contributed by atoms with Crippen molar-refractivity contribution in [3.8, 4) is 0 Å². The number of benzene rings is 3. The van der Waals surface area contributed by atoms with E-state index in [-0.39, 0.29) is 23.4 Å². The minimum atomic E-state index is -4.09. The van der Waals surface area contributed by atoms with Crippen molar-refractivity contribution in [2.45, 2.75) is 77.9 Å².